The lowest BCUT2D eigenvalue weighted by Gasteiger charge is -2.19. The summed E-state index contributed by atoms with van der Waals surface area (Å²) in [4.78, 5) is 0. The Labute approximate surface area is 110 Å². The highest BCUT2D eigenvalue weighted by molar-refractivity contribution is 6.31. The van der Waals surface area contributed by atoms with Gasteiger partial charge in [0.1, 0.15) is 0 Å². The first-order chi connectivity index (χ1) is 8.10. The Morgan fingerprint density at radius 2 is 2.12 bits per heavy atom. The Morgan fingerprint density at radius 3 is 2.71 bits per heavy atom. The molecule has 2 atom stereocenters. The molecular formula is C13H24ClN3. The van der Waals surface area contributed by atoms with Gasteiger partial charge < -0.3 is 5.32 Å². The molecule has 0 fully saturated rings. The van der Waals surface area contributed by atoms with E-state index >= 15 is 0 Å². The van der Waals surface area contributed by atoms with E-state index in [0.717, 1.165) is 31.0 Å². The molecule has 0 spiro atoms. The van der Waals surface area contributed by atoms with Crippen LogP contribution in [0.4, 0.5) is 0 Å². The number of nitrogens with one attached hydrogen (secondary N) is 1. The standard InChI is InChI=1S/C13H24ClN3/c1-5-7-17-13(12(14)9-16-17)10(3)8-11(4)15-6-2/h9-11,15H,5-8H2,1-4H3. The highest BCUT2D eigenvalue weighted by atomic mass is 35.5. The van der Waals surface area contributed by atoms with Gasteiger partial charge in [0.2, 0.25) is 0 Å². The van der Waals surface area contributed by atoms with Crippen LogP contribution in [0, 0.1) is 0 Å². The maximum Gasteiger partial charge on any atom is 0.0820 e. The van der Waals surface area contributed by atoms with Gasteiger partial charge in [-0.3, -0.25) is 4.68 Å². The smallest absolute Gasteiger partial charge is 0.0820 e. The number of rotatable bonds is 7. The topological polar surface area (TPSA) is 29.9 Å². The molecule has 17 heavy (non-hydrogen) atoms. The minimum atomic E-state index is 0.436. The average Bonchev–Trinajstić information content (AvgIpc) is 2.60. The summed E-state index contributed by atoms with van der Waals surface area (Å²) in [5, 5.41) is 8.58. The quantitative estimate of drug-likeness (QED) is 0.811. The molecule has 1 rings (SSSR count). The second-order valence-electron chi connectivity index (χ2n) is 4.70. The molecule has 0 saturated carbocycles. The number of hydrogen-bond donors (Lipinski definition) is 1. The molecule has 3 nitrogen and oxygen atoms in total. The number of halogens is 1. The molecule has 1 N–H and O–H groups in total. The third kappa shape index (κ3) is 4.00. The molecule has 1 aromatic rings. The van der Waals surface area contributed by atoms with Crippen LogP contribution in [0.15, 0.2) is 6.20 Å². The van der Waals surface area contributed by atoms with Crippen molar-refractivity contribution in [3.05, 3.63) is 16.9 Å². The molecule has 0 aliphatic rings. The average molecular weight is 258 g/mol. The third-order valence-corrected chi connectivity index (χ3v) is 3.29. The molecular weight excluding hydrogens is 234 g/mol. The molecule has 0 aliphatic carbocycles. The molecule has 0 aliphatic heterocycles. The van der Waals surface area contributed by atoms with Crippen LogP contribution in [0.5, 0.6) is 0 Å². The molecule has 1 heterocycles. The van der Waals surface area contributed by atoms with Gasteiger partial charge in [-0.2, -0.15) is 5.10 Å². The molecule has 0 saturated heterocycles. The maximum absolute atomic E-state index is 6.23. The van der Waals surface area contributed by atoms with Gasteiger partial charge in [0.15, 0.2) is 0 Å². The maximum atomic E-state index is 6.23. The van der Waals surface area contributed by atoms with Crippen molar-refractivity contribution in [1.82, 2.24) is 15.1 Å². The minimum Gasteiger partial charge on any atom is -0.315 e. The van der Waals surface area contributed by atoms with Crippen molar-refractivity contribution in [1.29, 1.82) is 0 Å². The van der Waals surface area contributed by atoms with Crippen LogP contribution in [-0.4, -0.2) is 22.4 Å². The summed E-state index contributed by atoms with van der Waals surface area (Å²) >= 11 is 6.23. The predicted molar refractivity (Wildman–Crippen MR) is 73.7 cm³/mol. The van der Waals surface area contributed by atoms with Crippen molar-refractivity contribution in [2.45, 2.75) is 59.0 Å². The normalized spacial score (nSPS) is 14.9. The van der Waals surface area contributed by atoms with Gasteiger partial charge in [0.25, 0.3) is 0 Å². The van der Waals surface area contributed by atoms with Gasteiger partial charge in [-0.05, 0) is 26.3 Å². The van der Waals surface area contributed by atoms with Crippen LogP contribution in [-0.2, 0) is 6.54 Å². The van der Waals surface area contributed by atoms with Gasteiger partial charge in [-0.1, -0.05) is 32.4 Å². The second-order valence-corrected chi connectivity index (χ2v) is 5.10. The van der Waals surface area contributed by atoms with Crippen LogP contribution in [0.1, 0.15) is 52.1 Å². The first kappa shape index (κ1) is 14.5. The van der Waals surface area contributed by atoms with E-state index in [0.29, 0.717) is 12.0 Å². The van der Waals surface area contributed by atoms with E-state index in [1.165, 1.54) is 5.69 Å². The van der Waals surface area contributed by atoms with Crippen LogP contribution in [0.25, 0.3) is 0 Å². The van der Waals surface area contributed by atoms with E-state index in [9.17, 15) is 0 Å². The largest absolute Gasteiger partial charge is 0.315 e. The lowest BCUT2D eigenvalue weighted by Crippen LogP contribution is -2.27. The first-order valence-electron chi connectivity index (χ1n) is 6.54. The van der Waals surface area contributed by atoms with Crippen LogP contribution >= 0.6 is 11.6 Å². The highest BCUT2D eigenvalue weighted by Gasteiger charge is 2.18. The number of hydrogen-bond acceptors (Lipinski definition) is 2. The molecule has 0 bridgehead atoms. The molecule has 4 heteroatoms. The molecule has 0 radical (unpaired) electrons. The van der Waals surface area contributed by atoms with Gasteiger partial charge in [-0.25, -0.2) is 0 Å². The molecule has 1 aromatic heterocycles. The van der Waals surface area contributed by atoms with E-state index in [2.05, 4.69) is 38.1 Å². The lowest BCUT2D eigenvalue weighted by molar-refractivity contribution is 0.463. The summed E-state index contributed by atoms with van der Waals surface area (Å²) < 4.78 is 2.05. The monoisotopic (exact) mass is 257 g/mol. The Hall–Kier alpha value is -0.540. The zero-order valence-corrected chi connectivity index (χ0v) is 12.1. The van der Waals surface area contributed by atoms with Gasteiger partial charge in [0, 0.05) is 18.5 Å². The van der Waals surface area contributed by atoms with E-state index in [-0.39, 0.29) is 0 Å². The van der Waals surface area contributed by atoms with Crippen molar-refractivity contribution in [2.24, 2.45) is 0 Å². The second kappa shape index (κ2) is 7.02. The van der Waals surface area contributed by atoms with Crippen molar-refractivity contribution >= 4 is 11.6 Å². The van der Waals surface area contributed by atoms with Crippen LogP contribution in [0.2, 0.25) is 5.02 Å². The molecule has 0 amide bonds. The molecule has 98 valence electrons. The Kier molecular flexibility index (Phi) is 6.00. The van der Waals surface area contributed by atoms with Crippen LogP contribution in [0.3, 0.4) is 0 Å². The fraction of sp³-hybridized carbons (Fsp3) is 0.769. The lowest BCUT2D eigenvalue weighted by atomic mass is 9.99. The summed E-state index contributed by atoms with van der Waals surface area (Å²) in [7, 11) is 0. The van der Waals surface area contributed by atoms with E-state index < -0.39 is 0 Å². The third-order valence-electron chi connectivity index (χ3n) is 3.00. The van der Waals surface area contributed by atoms with Gasteiger partial charge in [-0.15, -0.1) is 0 Å². The van der Waals surface area contributed by atoms with Crippen molar-refractivity contribution in [2.75, 3.05) is 6.54 Å². The van der Waals surface area contributed by atoms with Crippen LogP contribution < -0.4 is 5.32 Å². The van der Waals surface area contributed by atoms with Crippen molar-refractivity contribution in [3.8, 4) is 0 Å². The number of aryl methyl sites for hydroxylation is 1. The summed E-state index contributed by atoms with van der Waals surface area (Å²) in [5.74, 6) is 0.436. The zero-order chi connectivity index (χ0) is 12.8. The minimum absolute atomic E-state index is 0.436. The molecule has 2 unspecified atom stereocenters. The summed E-state index contributed by atoms with van der Waals surface area (Å²) in [6.45, 7) is 10.7. The SMILES string of the molecule is CCCn1ncc(Cl)c1C(C)CC(C)NCC. The zero-order valence-electron chi connectivity index (χ0n) is 11.3. The highest BCUT2D eigenvalue weighted by Crippen LogP contribution is 2.27. The number of aromatic nitrogens is 2. The van der Waals surface area contributed by atoms with Gasteiger partial charge >= 0.3 is 0 Å². The van der Waals surface area contributed by atoms with E-state index in [4.69, 9.17) is 11.6 Å². The Bertz CT molecular complexity index is 335. The Morgan fingerprint density at radius 1 is 1.41 bits per heavy atom. The number of nitrogens with zero attached hydrogens (tertiary/aromatic N) is 2. The predicted octanol–water partition coefficient (Wildman–Crippen LogP) is 3.44. The summed E-state index contributed by atoms with van der Waals surface area (Å²) in [6, 6.07) is 0.510. The summed E-state index contributed by atoms with van der Waals surface area (Å²) in [5.41, 5.74) is 1.18. The van der Waals surface area contributed by atoms with Gasteiger partial charge in [0.05, 0.1) is 16.9 Å². The fourth-order valence-corrected chi connectivity index (χ4v) is 2.65. The fourth-order valence-electron chi connectivity index (χ4n) is 2.33. The van der Waals surface area contributed by atoms with Crippen molar-refractivity contribution in [3.63, 3.8) is 0 Å². The Balaban J connectivity index is 2.73. The van der Waals surface area contributed by atoms with E-state index in [1.807, 2.05) is 4.68 Å². The molecule has 0 aromatic carbocycles. The summed E-state index contributed by atoms with van der Waals surface area (Å²) in [6.07, 6.45) is 3.93. The van der Waals surface area contributed by atoms with E-state index in [1.54, 1.807) is 6.20 Å². The van der Waals surface area contributed by atoms with Crippen molar-refractivity contribution < 1.29 is 0 Å². The first-order valence-corrected chi connectivity index (χ1v) is 6.92.